The Balaban J connectivity index is 1.73. The fraction of sp³-hybridized carbons (Fsp3) is 0.538. The van der Waals surface area contributed by atoms with Gasteiger partial charge in [-0.2, -0.15) is 0 Å². The van der Waals surface area contributed by atoms with Crippen LogP contribution in [0.2, 0.25) is 0 Å². The highest BCUT2D eigenvalue weighted by atomic mass is 32.2. The maximum atomic E-state index is 12.0. The van der Waals surface area contributed by atoms with Gasteiger partial charge in [-0.1, -0.05) is 13.0 Å². The van der Waals surface area contributed by atoms with Gasteiger partial charge in [0.2, 0.25) is 5.91 Å². The van der Waals surface area contributed by atoms with Crippen molar-refractivity contribution >= 4 is 29.0 Å². The summed E-state index contributed by atoms with van der Waals surface area (Å²) in [5, 5.41) is 16.6. The summed E-state index contributed by atoms with van der Waals surface area (Å²) < 4.78 is 1.66. The lowest BCUT2D eigenvalue weighted by atomic mass is 10.2. The predicted molar refractivity (Wildman–Crippen MR) is 85.0 cm³/mol. The lowest BCUT2D eigenvalue weighted by Gasteiger charge is -2.13. The predicted octanol–water partition coefficient (Wildman–Crippen LogP) is 1.99. The van der Waals surface area contributed by atoms with E-state index in [0.29, 0.717) is 13.0 Å². The second-order valence-electron chi connectivity index (χ2n) is 4.62. The molecule has 1 unspecified atom stereocenters. The van der Waals surface area contributed by atoms with Crippen molar-refractivity contribution < 1.29 is 4.79 Å². The van der Waals surface area contributed by atoms with E-state index in [1.807, 2.05) is 24.6 Å². The molecule has 0 saturated heterocycles. The Kier molecular flexibility index (Phi) is 6.19. The Hall–Kier alpha value is -1.41. The van der Waals surface area contributed by atoms with Gasteiger partial charge in [0, 0.05) is 23.6 Å². The summed E-state index contributed by atoms with van der Waals surface area (Å²) in [5.74, 6) is 1.65. The second kappa shape index (κ2) is 8.14. The van der Waals surface area contributed by atoms with Crippen molar-refractivity contribution in [2.45, 2.75) is 37.3 Å². The molecule has 1 amide bonds. The van der Waals surface area contributed by atoms with Crippen molar-refractivity contribution in [1.82, 2.24) is 25.5 Å². The standard InChI is InChI=1S/C13H19N5OS2/c1-3-10(21-9-12-15-16-17-18(12)2)7-13(19)14-8-11-5-4-6-20-11/h4-6,10H,3,7-9H2,1-2H3,(H,14,19). The van der Waals surface area contributed by atoms with Gasteiger partial charge in [0.25, 0.3) is 0 Å². The van der Waals surface area contributed by atoms with Crippen LogP contribution < -0.4 is 5.32 Å². The lowest BCUT2D eigenvalue weighted by Crippen LogP contribution is -2.25. The number of nitrogens with zero attached hydrogens (tertiary/aromatic N) is 4. The third-order valence-electron chi connectivity index (χ3n) is 3.06. The number of nitrogens with one attached hydrogen (secondary N) is 1. The van der Waals surface area contributed by atoms with Crippen LogP contribution in [-0.2, 0) is 24.1 Å². The second-order valence-corrected chi connectivity index (χ2v) is 6.94. The maximum Gasteiger partial charge on any atom is 0.221 e. The number of carbonyl (C=O) groups excluding carboxylic acids is 1. The summed E-state index contributed by atoms with van der Waals surface area (Å²) in [4.78, 5) is 13.1. The third kappa shape index (κ3) is 5.13. The zero-order valence-electron chi connectivity index (χ0n) is 12.2. The van der Waals surface area contributed by atoms with Crippen LogP contribution in [0, 0.1) is 0 Å². The molecular formula is C13H19N5OS2. The number of thiophene rings is 1. The van der Waals surface area contributed by atoms with E-state index in [1.54, 1.807) is 27.8 Å². The molecule has 1 N–H and O–H groups in total. The summed E-state index contributed by atoms with van der Waals surface area (Å²) in [7, 11) is 1.82. The van der Waals surface area contributed by atoms with Gasteiger partial charge in [-0.3, -0.25) is 4.79 Å². The Morgan fingerprint density at radius 1 is 1.57 bits per heavy atom. The smallest absolute Gasteiger partial charge is 0.221 e. The highest BCUT2D eigenvalue weighted by Crippen LogP contribution is 2.21. The third-order valence-corrected chi connectivity index (χ3v) is 5.34. The fourth-order valence-corrected chi connectivity index (χ4v) is 3.54. The molecule has 2 rings (SSSR count). The molecule has 0 saturated carbocycles. The van der Waals surface area contributed by atoms with Crippen molar-refractivity contribution in [3.05, 3.63) is 28.2 Å². The van der Waals surface area contributed by atoms with Gasteiger partial charge in [0.05, 0.1) is 12.3 Å². The van der Waals surface area contributed by atoms with Gasteiger partial charge in [-0.15, -0.1) is 28.2 Å². The highest BCUT2D eigenvalue weighted by molar-refractivity contribution is 7.99. The van der Waals surface area contributed by atoms with E-state index in [2.05, 4.69) is 27.8 Å². The van der Waals surface area contributed by atoms with Crippen molar-refractivity contribution in [1.29, 1.82) is 0 Å². The monoisotopic (exact) mass is 325 g/mol. The summed E-state index contributed by atoms with van der Waals surface area (Å²) in [6.45, 7) is 2.71. The zero-order chi connectivity index (χ0) is 15.1. The van der Waals surface area contributed by atoms with Gasteiger partial charge in [0.15, 0.2) is 5.82 Å². The molecule has 0 spiro atoms. The zero-order valence-corrected chi connectivity index (χ0v) is 13.8. The number of amides is 1. The summed E-state index contributed by atoms with van der Waals surface area (Å²) in [5.41, 5.74) is 0. The van der Waals surface area contributed by atoms with Crippen molar-refractivity contribution in [3.8, 4) is 0 Å². The van der Waals surface area contributed by atoms with Gasteiger partial charge >= 0.3 is 0 Å². The van der Waals surface area contributed by atoms with E-state index < -0.39 is 0 Å². The van der Waals surface area contributed by atoms with Gasteiger partial charge < -0.3 is 5.32 Å². The molecule has 8 heteroatoms. The minimum absolute atomic E-state index is 0.0961. The first-order valence-corrected chi connectivity index (χ1v) is 8.73. The molecule has 114 valence electrons. The number of hydrogen-bond donors (Lipinski definition) is 1. The molecule has 2 aromatic rings. The van der Waals surface area contributed by atoms with Crippen LogP contribution in [0.25, 0.3) is 0 Å². The molecule has 6 nitrogen and oxygen atoms in total. The van der Waals surface area contributed by atoms with Crippen LogP contribution in [0.3, 0.4) is 0 Å². The number of aryl methyl sites for hydroxylation is 1. The first-order chi connectivity index (χ1) is 10.2. The van der Waals surface area contributed by atoms with Crippen molar-refractivity contribution in [2.24, 2.45) is 7.05 Å². The SMILES string of the molecule is CCC(CC(=O)NCc1cccs1)SCc1nnnn1C. The van der Waals surface area contributed by atoms with Crippen LogP contribution in [0.4, 0.5) is 0 Å². The Morgan fingerprint density at radius 3 is 3.05 bits per heavy atom. The Morgan fingerprint density at radius 2 is 2.43 bits per heavy atom. The quantitative estimate of drug-likeness (QED) is 0.803. The number of rotatable bonds is 8. The average molecular weight is 325 g/mol. The van der Waals surface area contributed by atoms with Crippen LogP contribution >= 0.6 is 23.1 Å². The molecule has 1 atom stereocenters. The van der Waals surface area contributed by atoms with Crippen LogP contribution in [-0.4, -0.2) is 31.4 Å². The first-order valence-electron chi connectivity index (χ1n) is 6.81. The molecule has 0 bridgehead atoms. The molecule has 2 heterocycles. The largest absolute Gasteiger partial charge is 0.351 e. The molecule has 0 fully saturated rings. The summed E-state index contributed by atoms with van der Waals surface area (Å²) >= 11 is 3.38. The first kappa shape index (κ1) is 16.0. The van der Waals surface area contributed by atoms with Crippen LogP contribution in [0.15, 0.2) is 17.5 Å². The number of carbonyl (C=O) groups is 1. The minimum atomic E-state index is 0.0961. The van der Waals surface area contributed by atoms with Gasteiger partial charge in [-0.05, 0) is 28.3 Å². The summed E-state index contributed by atoms with van der Waals surface area (Å²) in [6.07, 6.45) is 1.47. The number of thioether (sulfide) groups is 1. The normalized spacial score (nSPS) is 12.3. The topological polar surface area (TPSA) is 72.7 Å². The summed E-state index contributed by atoms with van der Waals surface area (Å²) in [6, 6.07) is 4.02. The van der Waals surface area contributed by atoms with Crippen molar-refractivity contribution in [3.63, 3.8) is 0 Å². The molecular weight excluding hydrogens is 306 g/mol. The Bertz CT molecular complexity index is 555. The molecule has 2 aromatic heterocycles. The van der Waals surface area contributed by atoms with E-state index >= 15 is 0 Å². The minimum Gasteiger partial charge on any atom is -0.351 e. The number of aromatic nitrogens is 4. The number of hydrogen-bond acceptors (Lipinski definition) is 6. The van der Waals surface area contributed by atoms with Crippen molar-refractivity contribution in [2.75, 3.05) is 0 Å². The fourth-order valence-electron chi connectivity index (χ4n) is 1.76. The van der Waals surface area contributed by atoms with E-state index in [9.17, 15) is 4.79 Å². The van der Waals surface area contributed by atoms with Crippen LogP contribution in [0.1, 0.15) is 30.5 Å². The van der Waals surface area contributed by atoms with E-state index in [-0.39, 0.29) is 11.2 Å². The number of tetrazole rings is 1. The van der Waals surface area contributed by atoms with Gasteiger partial charge in [0.1, 0.15) is 0 Å². The van der Waals surface area contributed by atoms with Gasteiger partial charge in [-0.25, -0.2) is 4.68 Å². The maximum absolute atomic E-state index is 12.0. The molecule has 0 aliphatic carbocycles. The molecule has 0 aliphatic heterocycles. The molecule has 0 radical (unpaired) electrons. The molecule has 0 aliphatic rings. The van der Waals surface area contributed by atoms with E-state index in [1.165, 1.54) is 4.88 Å². The van der Waals surface area contributed by atoms with E-state index in [4.69, 9.17) is 0 Å². The van der Waals surface area contributed by atoms with E-state index in [0.717, 1.165) is 18.0 Å². The molecule has 0 aromatic carbocycles. The molecule has 21 heavy (non-hydrogen) atoms. The lowest BCUT2D eigenvalue weighted by molar-refractivity contribution is -0.121. The van der Waals surface area contributed by atoms with Crippen LogP contribution in [0.5, 0.6) is 0 Å². The Labute approximate surface area is 132 Å². The average Bonchev–Trinajstić information content (AvgIpc) is 3.13. The highest BCUT2D eigenvalue weighted by Gasteiger charge is 2.14.